The van der Waals surface area contributed by atoms with E-state index in [1.165, 1.54) is 24.3 Å². The maximum Gasteiger partial charge on any atom is 0.255 e. The molecule has 1 aliphatic heterocycles. The van der Waals surface area contributed by atoms with Gasteiger partial charge in [-0.05, 0) is 62.9 Å². The summed E-state index contributed by atoms with van der Waals surface area (Å²) in [7, 11) is -3.95. The van der Waals surface area contributed by atoms with Crippen molar-refractivity contribution in [2.75, 3.05) is 18.5 Å². The Morgan fingerprint density at radius 1 is 1.06 bits per heavy atom. The average Bonchev–Trinajstić information content (AvgIpc) is 3.24. The molecule has 6 nitrogen and oxygen atoms in total. The zero-order valence-corrected chi connectivity index (χ0v) is 20.4. The lowest BCUT2D eigenvalue weighted by Gasteiger charge is -2.42. The molecular formula is C24H26ClF2NO5S. The minimum absolute atomic E-state index is 0.00666. The molecule has 2 fully saturated rings. The van der Waals surface area contributed by atoms with Gasteiger partial charge in [0.25, 0.3) is 5.91 Å². The van der Waals surface area contributed by atoms with Crippen LogP contribution in [0, 0.1) is 17.6 Å². The first kappa shape index (κ1) is 25.0. The highest BCUT2D eigenvalue weighted by atomic mass is 35.5. The van der Waals surface area contributed by atoms with Crippen LogP contribution in [0.15, 0.2) is 41.3 Å². The smallest absolute Gasteiger partial charge is 0.255 e. The lowest BCUT2D eigenvalue weighted by molar-refractivity contribution is -0.183. The number of halogens is 3. The van der Waals surface area contributed by atoms with Crippen molar-refractivity contribution >= 4 is 33.0 Å². The summed E-state index contributed by atoms with van der Waals surface area (Å²) in [5.41, 5.74) is 0.0648. The van der Waals surface area contributed by atoms with E-state index >= 15 is 0 Å². The Labute approximate surface area is 202 Å². The molecule has 0 radical (unpaired) electrons. The molecule has 0 bridgehead atoms. The lowest BCUT2D eigenvalue weighted by atomic mass is 9.78. The fraction of sp³-hybridized carbons (Fsp3) is 0.458. The Bertz CT molecular complexity index is 1200. The van der Waals surface area contributed by atoms with Crippen LogP contribution in [0.25, 0.3) is 0 Å². The monoisotopic (exact) mass is 513 g/mol. The molecule has 0 atom stereocenters. The van der Waals surface area contributed by atoms with Gasteiger partial charge in [0.1, 0.15) is 0 Å². The molecule has 2 aromatic rings. The minimum atomic E-state index is -3.95. The van der Waals surface area contributed by atoms with E-state index in [1.54, 1.807) is 13.8 Å². The number of ether oxygens (including phenoxy) is 2. The van der Waals surface area contributed by atoms with Crippen LogP contribution in [0.2, 0.25) is 5.02 Å². The molecule has 1 spiro atoms. The summed E-state index contributed by atoms with van der Waals surface area (Å²) in [6.45, 7) is 4.43. The van der Waals surface area contributed by atoms with E-state index in [9.17, 15) is 22.0 Å². The number of hydrogen-bond donors (Lipinski definition) is 1. The first-order chi connectivity index (χ1) is 15.9. The zero-order valence-electron chi connectivity index (χ0n) is 18.9. The summed E-state index contributed by atoms with van der Waals surface area (Å²) in [5.74, 6) is -3.59. The van der Waals surface area contributed by atoms with Gasteiger partial charge in [-0.3, -0.25) is 4.79 Å². The third kappa shape index (κ3) is 4.58. The van der Waals surface area contributed by atoms with Gasteiger partial charge >= 0.3 is 0 Å². The second kappa shape index (κ2) is 9.18. The molecule has 1 amide bonds. The standard InChI is InChI=1S/C24H26ClF2NO5S/c1-23(2,16-7-9-24(10-8-16)32-11-12-33-24)34(30,31)21-13-15(3-5-18(21)25)22(29)28-17-4-6-19(26)20(27)14-17/h3-6,13-14,16H,7-12H2,1-2H3,(H,28,29). The zero-order chi connectivity index (χ0) is 24.7. The van der Waals surface area contributed by atoms with E-state index < -0.39 is 37.9 Å². The molecule has 1 heterocycles. The van der Waals surface area contributed by atoms with Crippen molar-refractivity contribution in [1.82, 2.24) is 0 Å². The third-order valence-electron chi connectivity index (χ3n) is 6.90. The molecule has 1 saturated carbocycles. The predicted octanol–water partition coefficient (Wildman–Crippen LogP) is 5.36. The Morgan fingerprint density at radius 2 is 1.71 bits per heavy atom. The number of benzene rings is 2. The molecule has 2 aromatic carbocycles. The first-order valence-electron chi connectivity index (χ1n) is 11.0. The molecule has 34 heavy (non-hydrogen) atoms. The molecule has 1 N–H and O–H groups in total. The lowest BCUT2D eigenvalue weighted by Crippen LogP contribution is -2.45. The topological polar surface area (TPSA) is 81.7 Å². The van der Waals surface area contributed by atoms with Gasteiger partial charge in [-0.2, -0.15) is 0 Å². The summed E-state index contributed by atoms with van der Waals surface area (Å²) in [4.78, 5) is 12.6. The number of rotatable bonds is 5. The van der Waals surface area contributed by atoms with Gasteiger partial charge in [0.05, 0.1) is 27.9 Å². The quantitative estimate of drug-likeness (QED) is 0.582. The van der Waals surface area contributed by atoms with Crippen LogP contribution in [-0.4, -0.2) is 38.1 Å². The van der Waals surface area contributed by atoms with Crippen LogP contribution in [0.1, 0.15) is 49.9 Å². The van der Waals surface area contributed by atoms with Gasteiger partial charge in [-0.1, -0.05) is 11.6 Å². The molecule has 1 aliphatic carbocycles. The van der Waals surface area contributed by atoms with Crippen molar-refractivity contribution in [3.63, 3.8) is 0 Å². The Hall–Kier alpha value is -2.07. The van der Waals surface area contributed by atoms with Crippen molar-refractivity contribution in [2.24, 2.45) is 5.92 Å². The number of sulfone groups is 1. The SMILES string of the molecule is CC(C)(C1CCC2(CC1)OCCO2)S(=O)(=O)c1cc(C(=O)Nc2ccc(F)c(F)c2)ccc1Cl. The Balaban J connectivity index is 1.57. The van der Waals surface area contributed by atoms with Crippen molar-refractivity contribution in [2.45, 2.75) is 55.0 Å². The van der Waals surface area contributed by atoms with Gasteiger partial charge in [0.2, 0.25) is 0 Å². The molecule has 184 valence electrons. The fourth-order valence-corrected chi connectivity index (χ4v) is 6.94. The normalized spacial score (nSPS) is 18.9. The van der Waals surface area contributed by atoms with Crippen LogP contribution in [-0.2, 0) is 19.3 Å². The molecule has 2 aliphatic rings. The number of carbonyl (C=O) groups is 1. The number of amides is 1. The molecular weight excluding hydrogens is 488 g/mol. The summed E-state index contributed by atoms with van der Waals surface area (Å²) in [5, 5.41) is 2.45. The van der Waals surface area contributed by atoms with Crippen molar-refractivity contribution in [1.29, 1.82) is 0 Å². The van der Waals surface area contributed by atoms with Crippen LogP contribution >= 0.6 is 11.6 Å². The number of carbonyl (C=O) groups excluding carboxylic acids is 1. The number of nitrogens with one attached hydrogen (secondary N) is 1. The highest BCUT2D eigenvalue weighted by Crippen LogP contribution is 2.46. The highest BCUT2D eigenvalue weighted by molar-refractivity contribution is 7.93. The van der Waals surface area contributed by atoms with Gasteiger partial charge in [0.15, 0.2) is 27.3 Å². The maximum atomic E-state index is 13.7. The Kier molecular flexibility index (Phi) is 6.76. The van der Waals surface area contributed by atoms with E-state index in [2.05, 4.69) is 5.32 Å². The van der Waals surface area contributed by atoms with Crippen LogP contribution in [0.4, 0.5) is 14.5 Å². The number of anilines is 1. The van der Waals surface area contributed by atoms with E-state index in [-0.39, 0.29) is 27.1 Å². The molecule has 0 unspecified atom stereocenters. The van der Waals surface area contributed by atoms with Crippen molar-refractivity contribution < 1.29 is 31.5 Å². The van der Waals surface area contributed by atoms with Crippen molar-refractivity contribution in [3.05, 3.63) is 58.6 Å². The first-order valence-corrected chi connectivity index (χ1v) is 12.9. The molecule has 1 saturated heterocycles. The van der Waals surface area contributed by atoms with E-state index in [1.807, 2.05) is 0 Å². The highest BCUT2D eigenvalue weighted by Gasteiger charge is 2.49. The summed E-state index contributed by atoms with van der Waals surface area (Å²) >= 11 is 6.29. The van der Waals surface area contributed by atoms with Crippen LogP contribution in [0.5, 0.6) is 0 Å². The largest absolute Gasteiger partial charge is 0.348 e. The predicted molar refractivity (Wildman–Crippen MR) is 124 cm³/mol. The second-order valence-corrected chi connectivity index (χ2v) is 12.1. The van der Waals surface area contributed by atoms with Crippen molar-refractivity contribution in [3.8, 4) is 0 Å². The van der Waals surface area contributed by atoms with Gasteiger partial charge in [-0.15, -0.1) is 0 Å². The average molecular weight is 514 g/mol. The fourth-order valence-electron chi connectivity index (χ4n) is 4.67. The van der Waals surface area contributed by atoms with Crippen LogP contribution in [0.3, 0.4) is 0 Å². The summed E-state index contributed by atoms with van der Waals surface area (Å²) < 4.78 is 64.4. The molecule has 4 rings (SSSR count). The van der Waals surface area contributed by atoms with Gasteiger partial charge < -0.3 is 14.8 Å². The van der Waals surface area contributed by atoms with Gasteiger partial charge in [-0.25, -0.2) is 17.2 Å². The van der Waals surface area contributed by atoms with Gasteiger partial charge in [0, 0.05) is 30.2 Å². The van der Waals surface area contributed by atoms with Crippen LogP contribution < -0.4 is 5.32 Å². The maximum absolute atomic E-state index is 13.7. The summed E-state index contributed by atoms with van der Waals surface area (Å²) in [6, 6.07) is 6.89. The minimum Gasteiger partial charge on any atom is -0.348 e. The summed E-state index contributed by atoms with van der Waals surface area (Å²) in [6.07, 6.45) is 2.45. The van der Waals surface area contributed by atoms with E-state index in [4.69, 9.17) is 21.1 Å². The molecule has 10 heteroatoms. The second-order valence-electron chi connectivity index (χ2n) is 9.22. The third-order valence-corrected chi connectivity index (χ3v) is 9.97. The van der Waals surface area contributed by atoms with E-state index in [0.717, 1.165) is 12.1 Å². The Morgan fingerprint density at radius 3 is 2.32 bits per heavy atom. The van der Waals surface area contributed by atoms with E-state index in [0.29, 0.717) is 38.9 Å². The number of hydrogen-bond acceptors (Lipinski definition) is 5. The molecule has 0 aromatic heterocycles.